The van der Waals surface area contributed by atoms with Gasteiger partial charge in [-0.25, -0.2) is 13.1 Å². The molecule has 0 saturated carbocycles. The normalized spacial score (nSPS) is 18.9. The minimum atomic E-state index is -4.71. The zero-order valence-corrected chi connectivity index (χ0v) is 16.2. The number of alkyl halides is 3. The van der Waals surface area contributed by atoms with Crippen LogP contribution in [0, 0.1) is 0 Å². The predicted octanol–water partition coefficient (Wildman–Crippen LogP) is 2.11. The minimum absolute atomic E-state index is 0.0691. The fourth-order valence-corrected chi connectivity index (χ4v) is 4.24. The molecule has 160 valence electrons. The maximum Gasteiger partial charge on any atom is 0.442 e. The van der Waals surface area contributed by atoms with E-state index < -0.39 is 27.8 Å². The molecule has 4 rings (SSSR count). The molecule has 1 fully saturated rings. The molecule has 0 atom stereocenters. The van der Waals surface area contributed by atoms with Crippen LogP contribution in [0.15, 0.2) is 51.7 Å². The number of nitrogens with one attached hydrogen (secondary N) is 2. The highest BCUT2D eigenvalue weighted by Crippen LogP contribution is 2.52. The monoisotopic (exact) mass is 442 g/mol. The van der Waals surface area contributed by atoms with Crippen molar-refractivity contribution in [3.05, 3.63) is 47.8 Å². The fraction of sp³-hybridized carbons (Fsp3) is 0.412. The summed E-state index contributed by atoms with van der Waals surface area (Å²) < 4.78 is 67.5. The Hall–Kier alpha value is -2.80. The number of carbonyl (C=O) groups excluding carboxylic acids is 1. The largest absolute Gasteiger partial charge is 0.442 e. The number of nitrogens with zero attached hydrogens (tertiary/aromatic N) is 4. The predicted molar refractivity (Wildman–Crippen MR) is 97.1 cm³/mol. The molecule has 3 heterocycles. The first-order valence-electron chi connectivity index (χ1n) is 9.07. The molecule has 13 heteroatoms. The van der Waals surface area contributed by atoms with Crippen molar-refractivity contribution in [2.24, 2.45) is 10.2 Å². The Kier molecular flexibility index (Phi) is 4.89. The summed E-state index contributed by atoms with van der Waals surface area (Å²) in [4.78, 5) is 12.0. The topological polar surface area (TPSA) is 118 Å². The second kappa shape index (κ2) is 7.16. The number of piperidine rings is 1. The highest BCUT2D eigenvalue weighted by Gasteiger charge is 2.65. The zero-order chi connectivity index (χ0) is 21.6. The van der Waals surface area contributed by atoms with Gasteiger partial charge in [0.25, 0.3) is 15.9 Å². The quantitative estimate of drug-likeness (QED) is 0.735. The van der Waals surface area contributed by atoms with Crippen LogP contribution in [0.3, 0.4) is 0 Å². The summed E-state index contributed by atoms with van der Waals surface area (Å²) in [7, 11) is -4.30. The first-order chi connectivity index (χ1) is 14.1. The first kappa shape index (κ1) is 20.5. The second-order valence-corrected chi connectivity index (χ2v) is 8.67. The first-order valence-corrected chi connectivity index (χ1v) is 10.6. The average Bonchev–Trinajstić information content (AvgIpc) is 3.39. The zero-order valence-electron chi connectivity index (χ0n) is 15.4. The van der Waals surface area contributed by atoms with Crippen molar-refractivity contribution in [3.63, 3.8) is 0 Å². The van der Waals surface area contributed by atoms with Crippen molar-refractivity contribution in [1.29, 1.82) is 0 Å². The number of aromatic nitrogens is 2. The van der Waals surface area contributed by atoms with Crippen molar-refractivity contribution >= 4 is 15.9 Å². The molecule has 1 aromatic heterocycles. The van der Waals surface area contributed by atoms with E-state index in [1.165, 1.54) is 6.07 Å². The Morgan fingerprint density at radius 1 is 1.13 bits per heavy atom. The van der Waals surface area contributed by atoms with E-state index in [-0.39, 0.29) is 22.2 Å². The summed E-state index contributed by atoms with van der Waals surface area (Å²) in [5.74, 6) is -0.925. The summed E-state index contributed by atoms with van der Waals surface area (Å²) in [6, 6.07) is 5.41. The molecule has 1 aromatic carbocycles. The molecule has 1 amide bonds. The number of carbonyl (C=O) groups is 1. The maximum atomic E-state index is 13.0. The third kappa shape index (κ3) is 3.69. The van der Waals surface area contributed by atoms with Crippen LogP contribution in [-0.2, 0) is 15.7 Å². The molecule has 2 N–H and O–H groups in total. The summed E-state index contributed by atoms with van der Waals surface area (Å²) in [6.45, 7) is 1.65. The Balaban J connectivity index is 1.47. The van der Waals surface area contributed by atoms with Crippen molar-refractivity contribution in [2.45, 2.75) is 35.6 Å². The average molecular weight is 442 g/mol. The van der Waals surface area contributed by atoms with Gasteiger partial charge in [0.1, 0.15) is 0 Å². The summed E-state index contributed by atoms with van der Waals surface area (Å²) in [6.07, 6.45) is -1.42. The van der Waals surface area contributed by atoms with Gasteiger partial charge in [0.2, 0.25) is 0 Å². The van der Waals surface area contributed by atoms with Gasteiger partial charge in [-0.15, -0.1) is 10.2 Å². The molecule has 2 aromatic rings. The minimum Gasteiger partial charge on any atom is -0.317 e. The number of amides is 1. The van der Waals surface area contributed by atoms with E-state index >= 15 is 0 Å². The van der Waals surface area contributed by atoms with E-state index in [4.69, 9.17) is 0 Å². The van der Waals surface area contributed by atoms with Gasteiger partial charge >= 0.3 is 11.8 Å². The maximum absolute atomic E-state index is 13.0. The summed E-state index contributed by atoms with van der Waals surface area (Å²) >= 11 is 0. The lowest BCUT2D eigenvalue weighted by Gasteiger charge is -2.22. The van der Waals surface area contributed by atoms with E-state index in [0.29, 0.717) is 0 Å². The smallest absolute Gasteiger partial charge is 0.317 e. The molecule has 2 aliphatic heterocycles. The number of sulfonamides is 1. The van der Waals surface area contributed by atoms with Gasteiger partial charge in [-0.1, -0.05) is 12.1 Å². The van der Waals surface area contributed by atoms with Crippen LogP contribution in [0.4, 0.5) is 13.2 Å². The Morgan fingerprint density at radius 3 is 2.33 bits per heavy atom. The summed E-state index contributed by atoms with van der Waals surface area (Å²) in [5.41, 5.74) is -3.01. The Labute approximate surface area is 169 Å². The fourth-order valence-electron chi connectivity index (χ4n) is 3.28. The lowest BCUT2D eigenvalue weighted by Crippen LogP contribution is -2.32. The third-order valence-electron chi connectivity index (χ3n) is 5.01. The molecule has 9 nitrogen and oxygen atoms in total. The molecule has 0 bridgehead atoms. The summed E-state index contributed by atoms with van der Waals surface area (Å²) in [5, 5.41) is 13.5. The lowest BCUT2D eigenvalue weighted by molar-refractivity contribution is -0.166. The molecule has 1 saturated heterocycles. The SMILES string of the molecule is O=C(NS(=O)(=O)c1ccc(C2(C(F)(F)F)N=N2)cc1)c1ccn(C2CCNCC2)n1. The van der Waals surface area contributed by atoms with Crippen molar-refractivity contribution in [2.75, 3.05) is 13.1 Å². The second-order valence-electron chi connectivity index (χ2n) is 6.99. The van der Waals surface area contributed by atoms with Crippen LogP contribution in [-0.4, -0.2) is 43.4 Å². The van der Waals surface area contributed by atoms with Gasteiger partial charge < -0.3 is 5.32 Å². The van der Waals surface area contributed by atoms with Gasteiger partial charge in [0.15, 0.2) is 5.69 Å². The van der Waals surface area contributed by atoms with Crippen molar-refractivity contribution < 1.29 is 26.4 Å². The van der Waals surface area contributed by atoms with Gasteiger partial charge in [0, 0.05) is 11.8 Å². The molecule has 0 radical (unpaired) electrons. The molecule has 2 aliphatic rings. The van der Waals surface area contributed by atoms with E-state index in [9.17, 15) is 26.4 Å². The number of halogens is 3. The van der Waals surface area contributed by atoms with Gasteiger partial charge in [-0.2, -0.15) is 18.3 Å². The van der Waals surface area contributed by atoms with Crippen LogP contribution in [0.1, 0.15) is 34.9 Å². The molecule has 0 spiro atoms. The number of rotatable bonds is 5. The Morgan fingerprint density at radius 2 is 1.77 bits per heavy atom. The standard InChI is InChI=1S/C17H17F3N6O3S/c18-17(19,20)16(24-25-16)11-1-3-13(4-2-11)30(28,29)23-15(27)14-7-10-26(22-14)12-5-8-21-9-6-12/h1-4,7,10,12,21H,5-6,8-9H2,(H,23,27). The molecule has 30 heavy (non-hydrogen) atoms. The third-order valence-corrected chi connectivity index (χ3v) is 6.36. The molecule has 0 unspecified atom stereocenters. The van der Waals surface area contributed by atoms with E-state index in [2.05, 4.69) is 20.6 Å². The van der Waals surface area contributed by atoms with Gasteiger partial charge in [-0.3, -0.25) is 9.48 Å². The molecular formula is C17H17F3N6O3S. The number of hydrogen-bond acceptors (Lipinski definition) is 7. The highest BCUT2D eigenvalue weighted by atomic mass is 32.2. The van der Waals surface area contributed by atoms with Crippen LogP contribution in [0.5, 0.6) is 0 Å². The van der Waals surface area contributed by atoms with E-state index in [1.54, 1.807) is 10.9 Å². The van der Waals surface area contributed by atoms with E-state index in [0.717, 1.165) is 50.2 Å². The Bertz CT molecular complexity index is 1080. The van der Waals surface area contributed by atoms with Crippen LogP contribution in [0.25, 0.3) is 0 Å². The lowest BCUT2D eigenvalue weighted by atomic mass is 10.0. The van der Waals surface area contributed by atoms with Crippen LogP contribution >= 0.6 is 0 Å². The van der Waals surface area contributed by atoms with Gasteiger partial charge in [0.05, 0.1) is 10.9 Å². The molecular weight excluding hydrogens is 425 g/mol. The number of benzene rings is 1. The van der Waals surface area contributed by atoms with E-state index in [1.807, 2.05) is 4.72 Å². The van der Waals surface area contributed by atoms with Crippen LogP contribution < -0.4 is 10.0 Å². The van der Waals surface area contributed by atoms with Crippen molar-refractivity contribution in [3.8, 4) is 0 Å². The number of hydrogen-bond donors (Lipinski definition) is 2. The highest BCUT2D eigenvalue weighted by molar-refractivity contribution is 7.90. The molecule has 0 aliphatic carbocycles. The van der Waals surface area contributed by atoms with Gasteiger partial charge in [-0.05, 0) is 44.1 Å². The van der Waals surface area contributed by atoms with Crippen molar-refractivity contribution in [1.82, 2.24) is 19.8 Å². The van der Waals surface area contributed by atoms with Crippen LogP contribution in [0.2, 0.25) is 0 Å².